The maximum Gasteiger partial charge on any atom is 0.238 e. The van der Waals surface area contributed by atoms with Crippen molar-refractivity contribution in [3.05, 3.63) is 101 Å². The Balaban J connectivity index is 1.79. The lowest BCUT2D eigenvalue weighted by Gasteiger charge is -2.26. The summed E-state index contributed by atoms with van der Waals surface area (Å²) in [5.74, 6) is 0.316. The van der Waals surface area contributed by atoms with Crippen LogP contribution in [-0.2, 0) is 32.6 Å². The molecule has 0 bridgehead atoms. The molecule has 0 radical (unpaired) electrons. The number of nitrogens with zero attached hydrogens (tertiary/aromatic N) is 2. The van der Waals surface area contributed by atoms with Crippen LogP contribution in [-0.4, -0.2) is 50.3 Å². The summed E-state index contributed by atoms with van der Waals surface area (Å²) in [6.07, 6.45) is 3.56. The van der Waals surface area contributed by atoms with Gasteiger partial charge < -0.3 is 14.1 Å². The Morgan fingerprint density at radius 3 is 2.32 bits per heavy atom. The van der Waals surface area contributed by atoms with Crippen LogP contribution in [0.4, 0.5) is 0 Å². The molecule has 1 heterocycles. The van der Waals surface area contributed by atoms with Gasteiger partial charge in [0.2, 0.25) is 15.9 Å². The molecule has 2 aromatic carbocycles. The third kappa shape index (κ3) is 7.98. The molecule has 7 nitrogen and oxygen atoms in total. The van der Waals surface area contributed by atoms with Gasteiger partial charge in [-0.3, -0.25) is 4.79 Å². The summed E-state index contributed by atoms with van der Waals surface area (Å²) in [4.78, 5) is 15.0. The molecule has 0 atom stereocenters. The third-order valence-corrected chi connectivity index (χ3v) is 6.67. The molecule has 0 saturated heterocycles. The molecule has 0 N–H and O–H groups in total. The van der Waals surface area contributed by atoms with E-state index < -0.39 is 10.0 Å². The van der Waals surface area contributed by atoms with Gasteiger partial charge in [0.15, 0.2) is 0 Å². The minimum absolute atomic E-state index is 0.168. The van der Waals surface area contributed by atoms with E-state index in [2.05, 4.69) is 0 Å². The van der Waals surface area contributed by atoms with E-state index in [1.165, 1.54) is 10.4 Å². The van der Waals surface area contributed by atoms with Crippen LogP contribution in [0.5, 0.6) is 0 Å². The molecule has 0 spiro atoms. The lowest BCUT2D eigenvalue weighted by molar-refractivity contribution is -0.133. The summed E-state index contributed by atoms with van der Waals surface area (Å²) in [5, 5.41) is 1.15. The quantitative estimate of drug-likeness (QED) is 0.342. The molecule has 0 aliphatic carbocycles. The van der Waals surface area contributed by atoms with Gasteiger partial charge in [-0.05, 0) is 35.8 Å². The molecule has 0 aliphatic rings. The number of carbonyl (C=O) groups excluding carboxylic acids is 1. The molecule has 3 aromatic rings. The third-order valence-electron chi connectivity index (χ3n) is 5.16. The zero-order valence-corrected chi connectivity index (χ0v) is 20.1. The first kappa shape index (κ1) is 25.4. The number of furan rings is 1. The summed E-state index contributed by atoms with van der Waals surface area (Å²) < 4.78 is 38.0. The number of ether oxygens (including phenoxy) is 1. The largest absolute Gasteiger partial charge is 0.467 e. The van der Waals surface area contributed by atoms with Crippen molar-refractivity contribution in [1.29, 1.82) is 0 Å². The van der Waals surface area contributed by atoms with Crippen molar-refractivity contribution in [1.82, 2.24) is 9.21 Å². The lowest BCUT2D eigenvalue weighted by Crippen LogP contribution is -2.42. The second-order valence-corrected chi connectivity index (χ2v) is 9.57. The summed E-state index contributed by atoms with van der Waals surface area (Å²) >= 11 is 0. The highest BCUT2D eigenvalue weighted by molar-refractivity contribution is 7.92. The monoisotopic (exact) mass is 482 g/mol. The molecular formula is C26H30N2O5S. The molecule has 0 unspecified atom stereocenters. The molecule has 0 fully saturated rings. The van der Waals surface area contributed by atoms with Gasteiger partial charge in [-0.2, -0.15) is 4.31 Å². The highest BCUT2D eigenvalue weighted by Gasteiger charge is 2.25. The molecule has 1 aromatic heterocycles. The van der Waals surface area contributed by atoms with Crippen molar-refractivity contribution >= 4 is 22.0 Å². The fourth-order valence-corrected chi connectivity index (χ4v) is 4.55. The Labute approximate surface area is 201 Å². The smallest absolute Gasteiger partial charge is 0.238 e. The van der Waals surface area contributed by atoms with Crippen molar-refractivity contribution < 1.29 is 22.4 Å². The molecule has 180 valence electrons. The van der Waals surface area contributed by atoms with Gasteiger partial charge in [-0.25, -0.2) is 8.42 Å². The first-order valence-corrected chi connectivity index (χ1v) is 12.5. The molecule has 1 amide bonds. The number of hydrogen-bond donors (Lipinski definition) is 0. The summed E-state index contributed by atoms with van der Waals surface area (Å²) in [6, 6.07) is 22.3. The van der Waals surface area contributed by atoms with E-state index in [0.29, 0.717) is 25.3 Å². The summed E-state index contributed by atoms with van der Waals surface area (Å²) in [7, 11) is -2.28. The number of amides is 1. The Hall–Kier alpha value is -3.20. The highest BCUT2D eigenvalue weighted by atomic mass is 32.2. The molecule has 0 saturated carbocycles. The van der Waals surface area contributed by atoms with Crippen LogP contribution >= 0.6 is 0 Å². The molecular weight excluding hydrogens is 452 g/mol. The highest BCUT2D eigenvalue weighted by Crippen LogP contribution is 2.14. The number of sulfonamides is 1. The van der Waals surface area contributed by atoms with Gasteiger partial charge in [0, 0.05) is 32.2 Å². The maximum absolute atomic E-state index is 13.4. The topological polar surface area (TPSA) is 80.1 Å². The standard InChI is InChI=1S/C26H30N2O5S/c1-32-17-9-16-28(34(30,31)19-15-23-10-4-2-5-11-23)22-26(29)27(21-25-14-8-18-33-25)20-24-12-6-3-7-13-24/h2-8,10-15,18-19H,9,16-17,20-22H2,1H3/b19-15+. The van der Waals surface area contributed by atoms with Crippen molar-refractivity contribution in [2.75, 3.05) is 26.8 Å². The lowest BCUT2D eigenvalue weighted by atomic mass is 10.2. The van der Waals surface area contributed by atoms with Crippen molar-refractivity contribution in [3.63, 3.8) is 0 Å². The average Bonchev–Trinajstić information content (AvgIpc) is 3.36. The van der Waals surface area contributed by atoms with Gasteiger partial charge >= 0.3 is 0 Å². The minimum atomic E-state index is -3.84. The van der Waals surface area contributed by atoms with Crippen LogP contribution in [0.25, 0.3) is 6.08 Å². The maximum atomic E-state index is 13.4. The first-order valence-electron chi connectivity index (χ1n) is 11.0. The summed E-state index contributed by atoms with van der Waals surface area (Å²) in [6.45, 7) is 0.862. The van der Waals surface area contributed by atoms with Crippen molar-refractivity contribution in [2.45, 2.75) is 19.5 Å². The zero-order chi connectivity index (χ0) is 24.2. The second kappa shape index (κ2) is 12.9. The molecule has 3 rings (SSSR count). The van der Waals surface area contributed by atoms with Crippen LogP contribution in [0.3, 0.4) is 0 Å². The zero-order valence-electron chi connectivity index (χ0n) is 19.2. The van der Waals surface area contributed by atoms with Gasteiger partial charge in [-0.15, -0.1) is 0 Å². The second-order valence-electron chi connectivity index (χ2n) is 7.75. The van der Waals surface area contributed by atoms with E-state index in [1.54, 1.807) is 30.4 Å². The van der Waals surface area contributed by atoms with Gasteiger partial charge in [0.25, 0.3) is 0 Å². The number of benzene rings is 2. The predicted molar refractivity (Wildman–Crippen MR) is 132 cm³/mol. The van der Waals surface area contributed by atoms with E-state index in [9.17, 15) is 13.2 Å². The number of methoxy groups -OCH3 is 1. The van der Waals surface area contributed by atoms with E-state index in [4.69, 9.17) is 9.15 Å². The molecule has 0 aliphatic heterocycles. The van der Waals surface area contributed by atoms with Crippen molar-refractivity contribution in [2.24, 2.45) is 0 Å². The Bertz CT molecular complexity index is 1130. The SMILES string of the molecule is COCCCN(CC(=O)N(Cc1ccccc1)Cc1ccco1)S(=O)(=O)/C=C/c1ccccc1. The predicted octanol–water partition coefficient (Wildman–Crippen LogP) is 4.15. The van der Waals surface area contributed by atoms with E-state index in [-0.39, 0.29) is 25.5 Å². The first-order chi connectivity index (χ1) is 16.5. The van der Waals surface area contributed by atoms with Crippen LogP contribution in [0.2, 0.25) is 0 Å². The van der Waals surface area contributed by atoms with Crippen LogP contribution < -0.4 is 0 Å². The Morgan fingerprint density at radius 1 is 0.971 bits per heavy atom. The van der Waals surface area contributed by atoms with Crippen LogP contribution in [0.1, 0.15) is 23.3 Å². The van der Waals surface area contributed by atoms with Gasteiger partial charge in [-0.1, -0.05) is 60.7 Å². The minimum Gasteiger partial charge on any atom is -0.467 e. The number of rotatable bonds is 13. The average molecular weight is 483 g/mol. The normalized spacial score (nSPS) is 11.8. The number of carbonyl (C=O) groups is 1. The fourth-order valence-electron chi connectivity index (χ4n) is 3.37. The van der Waals surface area contributed by atoms with Crippen LogP contribution in [0, 0.1) is 0 Å². The molecule has 8 heteroatoms. The summed E-state index contributed by atoms with van der Waals surface area (Å²) in [5.41, 5.74) is 1.71. The van der Waals surface area contributed by atoms with Crippen LogP contribution in [0.15, 0.2) is 88.9 Å². The fraction of sp³-hybridized carbons (Fsp3) is 0.269. The van der Waals surface area contributed by atoms with E-state index in [0.717, 1.165) is 16.5 Å². The Kier molecular flexibility index (Phi) is 9.63. The number of hydrogen-bond acceptors (Lipinski definition) is 5. The van der Waals surface area contributed by atoms with E-state index in [1.807, 2.05) is 60.7 Å². The van der Waals surface area contributed by atoms with E-state index >= 15 is 0 Å². The van der Waals surface area contributed by atoms with Crippen molar-refractivity contribution in [3.8, 4) is 0 Å². The van der Waals surface area contributed by atoms with Gasteiger partial charge in [0.05, 0.1) is 19.4 Å². The Morgan fingerprint density at radius 2 is 1.68 bits per heavy atom. The van der Waals surface area contributed by atoms with Gasteiger partial charge in [0.1, 0.15) is 5.76 Å². The molecule has 34 heavy (non-hydrogen) atoms.